The topological polar surface area (TPSA) is 86.0 Å². The molecular formula is C22H20N4O3S2. The summed E-state index contributed by atoms with van der Waals surface area (Å²) in [5, 5.41) is 2.84. The maximum atomic E-state index is 13.4. The smallest absolute Gasteiger partial charge is 0.324 e. The van der Waals surface area contributed by atoms with Crippen LogP contribution in [0.5, 0.6) is 0 Å². The van der Waals surface area contributed by atoms with Crippen LogP contribution in [-0.2, 0) is 11.3 Å². The molecule has 0 saturated heterocycles. The molecule has 31 heavy (non-hydrogen) atoms. The van der Waals surface area contributed by atoms with Crippen molar-refractivity contribution < 1.29 is 4.79 Å². The summed E-state index contributed by atoms with van der Waals surface area (Å²) in [6.07, 6.45) is 1.85. The van der Waals surface area contributed by atoms with Gasteiger partial charge in [0, 0.05) is 5.69 Å². The fraction of sp³-hybridized carbons (Fsp3) is 0.182. The van der Waals surface area contributed by atoms with Crippen LogP contribution in [0.1, 0.15) is 11.1 Å². The maximum absolute atomic E-state index is 13.4. The molecule has 1 amide bonds. The molecule has 0 bridgehead atoms. The second-order valence-corrected chi connectivity index (χ2v) is 9.05. The molecule has 0 atom stereocenters. The average Bonchev–Trinajstić information content (AvgIpc) is 3.19. The SMILES string of the molecule is CSc1nc2c(s1)c(=O)n(-c1ccccc1C)c(=O)n2CC(=O)Nc1ccccc1C. The van der Waals surface area contributed by atoms with Gasteiger partial charge in [-0.2, -0.15) is 0 Å². The summed E-state index contributed by atoms with van der Waals surface area (Å²) in [4.78, 5) is 43.9. The Morgan fingerprint density at radius 3 is 2.42 bits per heavy atom. The predicted molar refractivity (Wildman–Crippen MR) is 126 cm³/mol. The molecule has 0 saturated carbocycles. The van der Waals surface area contributed by atoms with Crippen LogP contribution in [0.4, 0.5) is 5.69 Å². The van der Waals surface area contributed by atoms with Crippen molar-refractivity contribution in [3.8, 4) is 5.69 Å². The maximum Gasteiger partial charge on any atom is 0.337 e. The summed E-state index contributed by atoms with van der Waals surface area (Å²) >= 11 is 2.61. The first-order chi connectivity index (χ1) is 14.9. The van der Waals surface area contributed by atoms with Crippen molar-refractivity contribution >= 4 is 45.0 Å². The van der Waals surface area contributed by atoms with Crippen LogP contribution < -0.4 is 16.6 Å². The standard InChI is InChI=1S/C22H20N4O3S2/c1-13-8-4-6-10-15(13)23-17(27)12-25-19-18(31-21(24-19)30-3)20(28)26(22(25)29)16-11-7-5-9-14(16)2/h4-11H,12H2,1-3H3,(H,23,27). The van der Waals surface area contributed by atoms with Crippen LogP contribution >= 0.6 is 23.1 Å². The van der Waals surface area contributed by atoms with E-state index < -0.39 is 11.2 Å². The molecule has 0 fully saturated rings. The molecular weight excluding hydrogens is 432 g/mol. The number of carbonyl (C=O) groups excluding carboxylic acids is 1. The van der Waals surface area contributed by atoms with E-state index in [0.717, 1.165) is 15.7 Å². The fourth-order valence-corrected chi connectivity index (χ4v) is 4.81. The molecule has 0 spiro atoms. The normalized spacial score (nSPS) is 11.1. The number of aromatic nitrogens is 3. The van der Waals surface area contributed by atoms with Crippen LogP contribution in [-0.4, -0.2) is 26.3 Å². The molecule has 2 aromatic carbocycles. The summed E-state index contributed by atoms with van der Waals surface area (Å²) in [6.45, 7) is 3.47. The number of hydrogen-bond donors (Lipinski definition) is 1. The zero-order valence-corrected chi connectivity index (χ0v) is 18.8. The zero-order chi connectivity index (χ0) is 22.1. The Labute approximate surface area is 186 Å². The average molecular weight is 453 g/mol. The Morgan fingerprint density at radius 1 is 1.06 bits per heavy atom. The number of rotatable bonds is 5. The first kappa shape index (κ1) is 21.1. The number of carbonyl (C=O) groups is 1. The van der Waals surface area contributed by atoms with Crippen LogP contribution in [0.25, 0.3) is 16.0 Å². The molecule has 4 rings (SSSR count). The zero-order valence-electron chi connectivity index (χ0n) is 17.2. The summed E-state index contributed by atoms with van der Waals surface area (Å²) in [6, 6.07) is 14.6. The molecule has 158 valence electrons. The highest BCUT2D eigenvalue weighted by atomic mass is 32.2. The van der Waals surface area contributed by atoms with Crippen molar-refractivity contribution in [1.82, 2.24) is 14.1 Å². The summed E-state index contributed by atoms with van der Waals surface area (Å²) in [5.74, 6) is -0.369. The number of nitrogens with zero attached hydrogens (tertiary/aromatic N) is 3. The van der Waals surface area contributed by atoms with Gasteiger partial charge in [0.2, 0.25) is 5.91 Å². The highest BCUT2D eigenvalue weighted by Crippen LogP contribution is 2.25. The van der Waals surface area contributed by atoms with Gasteiger partial charge >= 0.3 is 5.69 Å². The van der Waals surface area contributed by atoms with E-state index in [1.54, 1.807) is 18.2 Å². The Hall–Kier alpha value is -3.17. The van der Waals surface area contributed by atoms with Crippen LogP contribution in [0, 0.1) is 13.8 Å². The van der Waals surface area contributed by atoms with Gasteiger partial charge in [-0.05, 0) is 43.4 Å². The van der Waals surface area contributed by atoms with E-state index >= 15 is 0 Å². The number of fused-ring (bicyclic) bond motifs is 1. The van der Waals surface area contributed by atoms with Gasteiger partial charge in [0.25, 0.3) is 5.56 Å². The van der Waals surface area contributed by atoms with E-state index in [9.17, 15) is 14.4 Å². The van der Waals surface area contributed by atoms with E-state index in [0.29, 0.717) is 20.4 Å². The number of nitrogens with one attached hydrogen (secondary N) is 1. The number of benzene rings is 2. The molecule has 0 aliphatic carbocycles. The van der Waals surface area contributed by atoms with E-state index in [1.165, 1.54) is 27.7 Å². The Morgan fingerprint density at radius 2 is 1.74 bits per heavy atom. The molecule has 2 aromatic heterocycles. The van der Waals surface area contributed by atoms with Crippen LogP contribution in [0.3, 0.4) is 0 Å². The number of thioether (sulfide) groups is 1. The number of aryl methyl sites for hydroxylation is 2. The minimum Gasteiger partial charge on any atom is -0.324 e. The first-order valence-electron chi connectivity index (χ1n) is 9.52. The van der Waals surface area contributed by atoms with E-state index in [2.05, 4.69) is 10.3 Å². The Balaban J connectivity index is 1.88. The third-order valence-electron chi connectivity index (χ3n) is 4.92. The lowest BCUT2D eigenvalue weighted by Crippen LogP contribution is -2.40. The van der Waals surface area contributed by atoms with Crippen molar-refractivity contribution in [1.29, 1.82) is 0 Å². The third-order valence-corrected chi connectivity index (χ3v) is 6.93. The van der Waals surface area contributed by atoms with Gasteiger partial charge in [0.1, 0.15) is 11.2 Å². The van der Waals surface area contributed by atoms with Gasteiger partial charge in [-0.3, -0.25) is 14.2 Å². The molecule has 2 heterocycles. The third kappa shape index (κ3) is 3.94. The number of amides is 1. The molecule has 0 aliphatic rings. The predicted octanol–water partition coefficient (Wildman–Crippen LogP) is 3.59. The van der Waals surface area contributed by atoms with Crippen molar-refractivity contribution in [2.45, 2.75) is 24.7 Å². The minimum atomic E-state index is -0.593. The summed E-state index contributed by atoms with van der Waals surface area (Å²) < 4.78 is 3.39. The molecule has 0 radical (unpaired) electrons. The minimum absolute atomic E-state index is 0.231. The van der Waals surface area contributed by atoms with Gasteiger partial charge < -0.3 is 5.32 Å². The van der Waals surface area contributed by atoms with Gasteiger partial charge in [-0.1, -0.05) is 48.2 Å². The summed E-state index contributed by atoms with van der Waals surface area (Å²) in [7, 11) is 0. The van der Waals surface area contributed by atoms with Crippen LogP contribution in [0.15, 0.2) is 62.5 Å². The van der Waals surface area contributed by atoms with Crippen molar-refractivity contribution in [3.63, 3.8) is 0 Å². The van der Waals surface area contributed by atoms with E-state index in [1.807, 2.05) is 50.4 Å². The fourth-order valence-electron chi connectivity index (χ4n) is 3.32. The van der Waals surface area contributed by atoms with Crippen molar-refractivity contribution in [2.24, 2.45) is 0 Å². The molecule has 1 N–H and O–H groups in total. The second kappa shape index (κ2) is 8.52. The molecule has 9 heteroatoms. The lowest BCUT2D eigenvalue weighted by atomic mass is 10.2. The summed E-state index contributed by atoms with van der Waals surface area (Å²) in [5.41, 5.74) is 2.07. The second-order valence-electron chi connectivity index (χ2n) is 7.00. The highest BCUT2D eigenvalue weighted by Gasteiger charge is 2.21. The van der Waals surface area contributed by atoms with E-state index in [-0.39, 0.29) is 18.1 Å². The first-order valence-corrected chi connectivity index (χ1v) is 11.6. The number of hydrogen-bond acceptors (Lipinski definition) is 6. The lowest BCUT2D eigenvalue weighted by molar-refractivity contribution is -0.116. The Bertz CT molecular complexity index is 1420. The number of anilines is 1. The highest BCUT2D eigenvalue weighted by molar-refractivity contribution is 8.00. The monoisotopic (exact) mass is 452 g/mol. The lowest BCUT2D eigenvalue weighted by Gasteiger charge is -2.13. The molecule has 0 unspecified atom stereocenters. The van der Waals surface area contributed by atoms with Crippen molar-refractivity contribution in [2.75, 3.05) is 11.6 Å². The Kier molecular flexibility index (Phi) is 5.79. The van der Waals surface area contributed by atoms with Crippen molar-refractivity contribution in [3.05, 3.63) is 80.5 Å². The quantitative estimate of drug-likeness (QED) is 0.468. The largest absolute Gasteiger partial charge is 0.337 e. The van der Waals surface area contributed by atoms with Gasteiger partial charge in [0.15, 0.2) is 9.99 Å². The van der Waals surface area contributed by atoms with Crippen LogP contribution in [0.2, 0.25) is 0 Å². The van der Waals surface area contributed by atoms with Gasteiger partial charge in [-0.15, -0.1) is 11.3 Å². The van der Waals surface area contributed by atoms with Gasteiger partial charge in [0.05, 0.1) is 5.69 Å². The number of para-hydroxylation sites is 2. The van der Waals surface area contributed by atoms with Gasteiger partial charge in [-0.25, -0.2) is 14.3 Å². The molecule has 4 aromatic rings. The number of thiazole rings is 1. The molecule has 0 aliphatic heterocycles. The van der Waals surface area contributed by atoms with E-state index in [4.69, 9.17) is 0 Å². The molecule has 7 nitrogen and oxygen atoms in total.